The monoisotopic (exact) mass is 425 g/mol. The van der Waals surface area contributed by atoms with Crippen molar-refractivity contribution in [2.75, 3.05) is 6.54 Å². The van der Waals surface area contributed by atoms with Gasteiger partial charge in [0.2, 0.25) is 11.5 Å². The lowest BCUT2D eigenvalue weighted by Gasteiger charge is -2.12. The number of rotatable bonds is 6. The lowest BCUT2D eigenvalue weighted by Crippen LogP contribution is -2.43. The van der Waals surface area contributed by atoms with Crippen LogP contribution in [0.1, 0.15) is 18.9 Å². The Morgan fingerprint density at radius 2 is 1.80 bits per heavy atom. The lowest BCUT2D eigenvalue weighted by molar-refractivity contribution is -0.121. The van der Waals surface area contributed by atoms with Gasteiger partial charge in [0.25, 0.3) is 5.56 Å². The molecule has 0 aliphatic rings. The number of nitrogens with one attached hydrogen (secondary N) is 1. The molecule has 2 aromatic carbocycles. The number of amides is 1. The number of para-hydroxylation sites is 1. The molecule has 4 rings (SSSR count). The van der Waals surface area contributed by atoms with Crippen molar-refractivity contribution in [2.24, 2.45) is 0 Å². The summed E-state index contributed by atoms with van der Waals surface area (Å²) >= 11 is 5.97. The zero-order chi connectivity index (χ0) is 21.3. The first-order chi connectivity index (χ1) is 14.5. The van der Waals surface area contributed by atoms with Gasteiger partial charge < -0.3 is 9.73 Å². The van der Waals surface area contributed by atoms with Crippen LogP contribution in [0.2, 0.25) is 5.02 Å². The molecule has 0 aliphatic carbocycles. The van der Waals surface area contributed by atoms with Crippen molar-refractivity contribution in [3.8, 4) is 0 Å². The summed E-state index contributed by atoms with van der Waals surface area (Å²) in [4.78, 5) is 38.6. The number of furan rings is 1. The Hall–Kier alpha value is -3.32. The average Bonchev–Trinajstić information content (AvgIpc) is 3.14. The van der Waals surface area contributed by atoms with Crippen LogP contribution in [0.25, 0.3) is 22.1 Å². The number of hydrogen-bond donors (Lipinski definition) is 1. The number of nitrogens with zero attached hydrogens (tertiary/aromatic N) is 2. The number of carbonyl (C=O) groups excluding carboxylic acids is 1. The number of halogens is 1. The van der Waals surface area contributed by atoms with Crippen LogP contribution in [-0.4, -0.2) is 21.6 Å². The van der Waals surface area contributed by atoms with Crippen LogP contribution in [0.15, 0.2) is 62.5 Å². The SMILES string of the molecule is CCCNC(=O)Cn1c(=O)c2oc3ccccc3c2n(Cc2ccc(Cl)cc2)c1=O. The first-order valence-corrected chi connectivity index (χ1v) is 10.0. The molecule has 0 atom stereocenters. The molecule has 8 heteroatoms. The average molecular weight is 426 g/mol. The Morgan fingerprint density at radius 3 is 2.53 bits per heavy atom. The molecule has 0 saturated carbocycles. The van der Waals surface area contributed by atoms with Crippen LogP contribution in [0.3, 0.4) is 0 Å². The third kappa shape index (κ3) is 3.64. The van der Waals surface area contributed by atoms with Crippen molar-refractivity contribution in [3.63, 3.8) is 0 Å². The van der Waals surface area contributed by atoms with E-state index in [0.717, 1.165) is 16.6 Å². The Morgan fingerprint density at radius 1 is 1.07 bits per heavy atom. The number of benzene rings is 2. The summed E-state index contributed by atoms with van der Waals surface area (Å²) in [5.74, 6) is -0.399. The first-order valence-electron chi connectivity index (χ1n) is 9.65. The van der Waals surface area contributed by atoms with Crippen LogP contribution in [0.5, 0.6) is 0 Å². The van der Waals surface area contributed by atoms with E-state index in [1.807, 2.05) is 25.1 Å². The van der Waals surface area contributed by atoms with Gasteiger partial charge in [-0.25, -0.2) is 9.36 Å². The summed E-state index contributed by atoms with van der Waals surface area (Å²) in [5, 5.41) is 3.94. The molecule has 0 bridgehead atoms. The molecular formula is C22H20ClN3O4. The summed E-state index contributed by atoms with van der Waals surface area (Å²) in [5.41, 5.74) is 0.607. The summed E-state index contributed by atoms with van der Waals surface area (Å²) in [6.07, 6.45) is 0.754. The van der Waals surface area contributed by atoms with Gasteiger partial charge in [0.05, 0.1) is 6.54 Å². The van der Waals surface area contributed by atoms with Gasteiger partial charge in [-0.05, 0) is 36.2 Å². The summed E-state index contributed by atoms with van der Waals surface area (Å²) < 4.78 is 8.19. The highest BCUT2D eigenvalue weighted by atomic mass is 35.5. The van der Waals surface area contributed by atoms with E-state index in [0.29, 0.717) is 28.1 Å². The zero-order valence-corrected chi connectivity index (χ0v) is 17.1. The normalized spacial score (nSPS) is 11.3. The molecule has 154 valence electrons. The van der Waals surface area contributed by atoms with Gasteiger partial charge in [-0.15, -0.1) is 0 Å². The highest BCUT2D eigenvalue weighted by Gasteiger charge is 2.21. The number of fused-ring (bicyclic) bond motifs is 3. The topological polar surface area (TPSA) is 86.2 Å². The predicted molar refractivity (Wildman–Crippen MR) is 116 cm³/mol. The Balaban J connectivity index is 1.94. The molecule has 1 N–H and O–H groups in total. The quantitative estimate of drug-likeness (QED) is 0.514. The third-order valence-electron chi connectivity index (χ3n) is 4.87. The molecule has 0 spiro atoms. The Labute approximate surface area is 176 Å². The highest BCUT2D eigenvalue weighted by Crippen LogP contribution is 2.26. The zero-order valence-electron chi connectivity index (χ0n) is 16.4. The van der Waals surface area contributed by atoms with E-state index in [1.54, 1.807) is 30.3 Å². The molecule has 1 amide bonds. The van der Waals surface area contributed by atoms with Gasteiger partial charge in [-0.3, -0.25) is 14.2 Å². The molecule has 30 heavy (non-hydrogen) atoms. The van der Waals surface area contributed by atoms with Crippen molar-refractivity contribution in [2.45, 2.75) is 26.4 Å². The van der Waals surface area contributed by atoms with E-state index < -0.39 is 17.2 Å². The standard InChI is InChI=1S/C22H20ClN3O4/c1-2-11-24-18(27)13-26-21(28)20-19(16-5-3-4-6-17(16)30-20)25(22(26)29)12-14-7-9-15(23)10-8-14/h3-10H,2,11-13H2,1H3,(H,24,27). The fraction of sp³-hybridized carbons (Fsp3) is 0.227. The smallest absolute Gasteiger partial charge is 0.332 e. The summed E-state index contributed by atoms with van der Waals surface area (Å²) in [6.45, 7) is 2.23. The van der Waals surface area contributed by atoms with Crippen LogP contribution in [0.4, 0.5) is 0 Å². The summed E-state index contributed by atoms with van der Waals surface area (Å²) in [7, 11) is 0. The maximum Gasteiger partial charge on any atom is 0.332 e. The van der Waals surface area contributed by atoms with Gasteiger partial charge in [0, 0.05) is 17.0 Å². The van der Waals surface area contributed by atoms with Gasteiger partial charge in [-0.1, -0.05) is 42.8 Å². The van der Waals surface area contributed by atoms with Gasteiger partial charge in [0.1, 0.15) is 17.6 Å². The molecule has 0 saturated heterocycles. The number of hydrogen-bond acceptors (Lipinski definition) is 4. The van der Waals surface area contributed by atoms with Gasteiger partial charge in [-0.2, -0.15) is 0 Å². The first kappa shape index (κ1) is 20.0. The Kier molecular flexibility index (Phi) is 5.46. The predicted octanol–water partition coefficient (Wildman–Crippen LogP) is 3.14. The number of aromatic nitrogens is 2. The van der Waals surface area contributed by atoms with Crippen LogP contribution in [0, 0.1) is 0 Å². The fourth-order valence-corrected chi connectivity index (χ4v) is 3.54. The lowest BCUT2D eigenvalue weighted by atomic mass is 10.2. The van der Waals surface area contributed by atoms with E-state index in [1.165, 1.54) is 4.57 Å². The largest absolute Gasteiger partial charge is 0.449 e. The minimum absolute atomic E-state index is 0.0491. The Bertz CT molecular complexity index is 1350. The molecule has 4 aromatic rings. The van der Waals surface area contributed by atoms with Crippen molar-refractivity contribution in [1.82, 2.24) is 14.5 Å². The van der Waals surface area contributed by atoms with E-state index in [2.05, 4.69) is 5.32 Å². The molecule has 0 radical (unpaired) electrons. The maximum absolute atomic E-state index is 13.3. The molecule has 0 unspecified atom stereocenters. The van der Waals surface area contributed by atoms with Gasteiger partial charge in [0.15, 0.2) is 0 Å². The third-order valence-corrected chi connectivity index (χ3v) is 5.12. The maximum atomic E-state index is 13.3. The van der Waals surface area contributed by atoms with E-state index >= 15 is 0 Å². The van der Waals surface area contributed by atoms with E-state index in [4.69, 9.17) is 16.0 Å². The molecule has 0 aliphatic heterocycles. The van der Waals surface area contributed by atoms with Gasteiger partial charge >= 0.3 is 5.69 Å². The van der Waals surface area contributed by atoms with Crippen LogP contribution in [-0.2, 0) is 17.9 Å². The second-order valence-electron chi connectivity index (χ2n) is 7.01. The van der Waals surface area contributed by atoms with Crippen molar-refractivity contribution in [3.05, 3.63) is 80.0 Å². The fourth-order valence-electron chi connectivity index (χ4n) is 3.42. The summed E-state index contributed by atoms with van der Waals surface area (Å²) in [6, 6.07) is 14.3. The van der Waals surface area contributed by atoms with E-state index in [-0.39, 0.29) is 18.7 Å². The van der Waals surface area contributed by atoms with Crippen LogP contribution < -0.4 is 16.6 Å². The van der Waals surface area contributed by atoms with Crippen LogP contribution >= 0.6 is 11.6 Å². The molecule has 0 fully saturated rings. The molecule has 2 aromatic heterocycles. The highest BCUT2D eigenvalue weighted by molar-refractivity contribution is 6.30. The van der Waals surface area contributed by atoms with Crippen molar-refractivity contribution < 1.29 is 9.21 Å². The van der Waals surface area contributed by atoms with Crippen molar-refractivity contribution in [1.29, 1.82) is 0 Å². The van der Waals surface area contributed by atoms with E-state index in [9.17, 15) is 14.4 Å². The number of carbonyl (C=O) groups is 1. The minimum Gasteiger partial charge on any atom is -0.449 e. The molecule has 2 heterocycles. The second-order valence-corrected chi connectivity index (χ2v) is 7.45. The minimum atomic E-state index is -0.620. The molecular weight excluding hydrogens is 406 g/mol. The molecule has 7 nitrogen and oxygen atoms in total. The van der Waals surface area contributed by atoms with Crippen molar-refractivity contribution >= 4 is 39.6 Å². The second kappa shape index (κ2) is 8.20.